The number of hydrogen-bond acceptors (Lipinski definition) is 4. The van der Waals surface area contributed by atoms with Crippen LogP contribution in [0.5, 0.6) is 0 Å². The first-order valence-electron chi connectivity index (χ1n) is 4.31. The standard InChI is InChI=1S/C10H5ClN4S/c11-9-2-8(10(16)15-14-9)7-1-6(3-12)4-13-5-7/h1-2,4-5H,(H,15,16). The van der Waals surface area contributed by atoms with Gasteiger partial charge in [0.05, 0.1) is 5.56 Å². The van der Waals surface area contributed by atoms with Gasteiger partial charge in [0.1, 0.15) is 15.9 Å². The maximum absolute atomic E-state index is 8.77. The molecule has 0 aliphatic rings. The molecule has 0 unspecified atom stereocenters. The summed E-state index contributed by atoms with van der Waals surface area (Å²) in [6.45, 7) is 0. The number of aromatic amines is 1. The number of halogens is 1. The van der Waals surface area contributed by atoms with E-state index in [0.717, 1.165) is 5.56 Å². The molecule has 0 aliphatic carbocycles. The summed E-state index contributed by atoms with van der Waals surface area (Å²) in [6.07, 6.45) is 3.11. The van der Waals surface area contributed by atoms with Crippen LogP contribution >= 0.6 is 23.8 Å². The van der Waals surface area contributed by atoms with Crippen LogP contribution < -0.4 is 0 Å². The summed E-state index contributed by atoms with van der Waals surface area (Å²) in [7, 11) is 0. The lowest BCUT2D eigenvalue weighted by molar-refractivity contribution is 1.02. The third-order valence-corrected chi connectivity index (χ3v) is 2.46. The van der Waals surface area contributed by atoms with Crippen LogP contribution in [0.3, 0.4) is 0 Å². The zero-order valence-electron chi connectivity index (χ0n) is 7.94. The average Bonchev–Trinajstić information content (AvgIpc) is 2.32. The van der Waals surface area contributed by atoms with E-state index in [9.17, 15) is 0 Å². The van der Waals surface area contributed by atoms with E-state index in [1.807, 2.05) is 6.07 Å². The molecule has 0 radical (unpaired) electrons. The molecule has 0 atom stereocenters. The average molecular weight is 249 g/mol. The molecule has 1 N–H and O–H groups in total. The van der Waals surface area contributed by atoms with E-state index in [-0.39, 0.29) is 0 Å². The third-order valence-electron chi connectivity index (χ3n) is 1.95. The van der Waals surface area contributed by atoms with E-state index in [1.54, 1.807) is 18.3 Å². The molecule has 78 valence electrons. The molecule has 6 heteroatoms. The highest BCUT2D eigenvalue weighted by Gasteiger charge is 2.04. The number of nitriles is 1. The van der Waals surface area contributed by atoms with Crippen LogP contribution in [0.15, 0.2) is 24.5 Å². The number of hydrogen-bond donors (Lipinski definition) is 1. The molecule has 0 amide bonds. The van der Waals surface area contributed by atoms with E-state index in [0.29, 0.717) is 20.9 Å². The van der Waals surface area contributed by atoms with Gasteiger partial charge in [0.25, 0.3) is 0 Å². The third kappa shape index (κ3) is 2.08. The number of aromatic nitrogens is 3. The van der Waals surface area contributed by atoms with Gasteiger partial charge in [0, 0.05) is 23.5 Å². The molecule has 2 rings (SSSR count). The predicted molar refractivity (Wildman–Crippen MR) is 62.4 cm³/mol. The van der Waals surface area contributed by atoms with Gasteiger partial charge in [-0.15, -0.1) is 0 Å². The van der Waals surface area contributed by atoms with E-state index in [1.165, 1.54) is 6.20 Å². The summed E-state index contributed by atoms with van der Waals surface area (Å²) in [4.78, 5) is 3.96. The fourth-order valence-electron chi connectivity index (χ4n) is 1.24. The molecular weight excluding hydrogens is 244 g/mol. The van der Waals surface area contributed by atoms with E-state index in [2.05, 4.69) is 15.2 Å². The van der Waals surface area contributed by atoms with Gasteiger partial charge < -0.3 is 0 Å². The van der Waals surface area contributed by atoms with Crippen LogP contribution in [0.4, 0.5) is 0 Å². The number of H-pyrrole nitrogens is 1. The van der Waals surface area contributed by atoms with Crippen LogP contribution in [-0.4, -0.2) is 15.2 Å². The summed E-state index contributed by atoms with van der Waals surface area (Å²) in [5.74, 6) is 0. The normalized spacial score (nSPS) is 9.75. The number of nitrogens with one attached hydrogen (secondary N) is 1. The first kappa shape index (κ1) is 10.7. The molecule has 2 aromatic rings. The number of pyridine rings is 1. The molecule has 16 heavy (non-hydrogen) atoms. The first-order valence-corrected chi connectivity index (χ1v) is 5.10. The molecular formula is C10H5ClN4S. The zero-order chi connectivity index (χ0) is 11.5. The Morgan fingerprint density at radius 3 is 2.94 bits per heavy atom. The number of rotatable bonds is 1. The zero-order valence-corrected chi connectivity index (χ0v) is 9.51. The SMILES string of the molecule is N#Cc1cncc(-c2cc(Cl)n[nH]c2=S)c1. The maximum atomic E-state index is 8.77. The Labute approximate surface area is 102 Å². The van der Waals surface area contributed by atoms with Crippen molar-refractivity contribution in [1.82, 2.24) is 15.2 Å². The Balaban J connectivity index is 2.63. The maximum Gasteiger partial charge on any atom is 0.150 e. The molecule has 0 aromatic carbocycles. The van der Waals surface area contributed by atoms with Crippen molar-refractivity contribution >= 4 is 23.8 Å². The highest BCUT2D eigenvalue weighted by Crippen LogP contribution is 2.21. The molecule has 0 saturated heterocycles. The lowest BCUT2D eigenvalue weighted by atomic mass is 10.1. The lowest BCUT2D eigenvalue weighted by Gasteiger charge is -2.01. The highest BCUT2D eigenvalue weighted by atomic mass is 35.5. The van der Waals surface area contributed by atoms with E-state index < -0.39 is 0 Å². The molecule has 0 spiro atoms. The van der Waals surface area contributed by atoms with Gasteiger partial charge in [0.15, 0.2) is 0 Å². The van der Waals surface area contributed by atoms with E-state index in [4.69, 9.17) is 29.1 Å². The Morgan fingerprint density at radius 2 is 2.19 bits per heavy atom. The fraction of sp³-hybridized carbons (Fsp3) is 0. The Bertz CT molecular complexity index is 629. The quantitative estimate of drug-likeness (QED) is 0.788. The second-order valence-corrected chi connectivity index (χ2v) is 3.80. The van der Waals surface area contributed by atoms with Crippen molar-refractivity contribution in [3.8, 4) is 17.2 Å². The van der Waals surface area contributed by atoms with Crippen molar-refractivity contribution in [2.24, 2.45) is 0 Å². The van der Waals surface area contributed by atoms with Crippen molar-refractivity contribution in [3.63, 3.8) is 0 Å². The smallest absolute Gasteiger partial charge is 0.150 e. The Hall–Kier alpha value is -1.77. The first-order chi connectivity index (χ1) is 7.70. The van der Waals surface area contributed by atoms with Crippen LogP contribution in [0.25, 0.3) is 11.1 Å². The largest absolute Gasteiger partial charge is 0.266 e. The molecule has 2 aromatic heterocycles. The van der Waals surface area contributed by atoms with Gasteiger partial charge in [-0.25, -0.2) is 0 Å². The predicted octanol–water partition coefficient (Wildman–Crippen LogP) is 2.73. The summed E-state index contributed by atoms with van der Waals surface area (Å²) >= 11 is 10.9. The topological polar surface area (TPSA) is 65.4 Å². The lowest BCUT2D eigenvalue weighted by Crippen LogP contribution is -1.89. The molecule has 0 saturated carbocycles. The van der Waals surface area contributed by atoms with Crippen LogP contribution in [0, 0.1) is 16.0 Å². The van der Waals surface area contributed by atoms with Gasteiger partial charge in [-0.2, -0.15) is 10.4 Å². The summed E-state index contributed by atoms with van der Waals surface area (Å²) in [5, 5.41) is 15.5. The molecule has 0 fully saturated rings. The van der Waals surface area contributed by atoms with Crippen molar-refractivity contribution in [1.29, 1.82) is 5.26 Å². The van der Waals surface area contributed by atoms with Crippen molar-refractivity contribution < 1.29 is 0 Å². The Kier molecular flexibility index (Phi) is 2.95. The molecule has 0 aliphatic heterocycles. The van der Waals surface area contributed by atoms with Crippen molar-refractivity contribution in [2.75, 3.05) is 0 Å². The minimum absolute atomic E-state index is 0.311. The fourth-order valence-corrected chi connectivity index (χ4v) is 1.62. The van der Waals surface area contributed by atoms with Gasteiger partial charge in [-0.1, -0.05) is 23.8 Å². The molecule has 0 bridgehead atoms. The minimum Gasteiger partial charge on any atom is -0.266 e. The van der Waals surface area contributed by atoms with Crippen LogP contribution in [0.2, 0.25) is 5.15 Å². The van der Waals surface area contributed by atoms with Crippen molar-refractivity contribution in [2.45, 2.75) is 0 Å². The van der Waals surface area contributed by atoms with Gasteiger partial charge in [-0.05, 0) is 12.1 Å². The van der Waals surface area contributed by atoms with Gasteiger partial charge in [-0.3, -0.25) is 10.1 Å². The van der Waals surface area contributed by atoms with Crippen LogP contribution in [0.1, 0.15) is 5.56 Å². The number of nitrogens with zero attached hydrogens (tertiary/aromatic N) is 3. The second kappa shape index (κ2) is 4.39. The van der Waals surface area contributed by atoms with E-state index >= 15 is 0 Å². The molecule has 4 nitrogen and oxygen atoms in total. The van der Waals surface area contributed by atoms with Crippen LogP contribution in [-0.2, 0) is 0 Å². The summed E-state index contributed by atoms with van der Waals surface area (Å²) in [5.41, 5.74) is 1.92. The highest BCUT2D eigenvalue weighted by molar-refractivity contribution is 7.71. The van der Waals surface area contributed by atoms with Gasteiger partial charge in [0.2, 0.25) is 0 Å². The summed E-state index contributed by atoms with van der Waals surface area (Å²) in [6, 6.07) is 5.35. The monoisotopic (exact) mass is 248 g/mol. The summed E-state index contributed by atoms with van der Waals surface area (Å²) < 4.78 is 0.460. The Morgan fingerprint density at radius 1 is 1.38 bits per heavy atom. The van der Waals surface area contributed by atoms with Crippen molar-refractivity contribution in [3.05, 3.63) is 39.9 Å². The second-order valence-electron chi connectivity index (χ2n) is 3.01. The minimum atomic E-state index is 0.311. The molecule has 2 heterocycles. The van der Waals surface area contributed by atoms with Gasteiger partial charge >= 0.3 is 0 Å².